The average molecular weight is 366 g/mol. The van der Waals surface area contributed by atoms with Gasteiger partial charge in [-0.3, -0.25) is 4.98 Å². The molecule has 0 saturated carbocycles. The van der Waals surface area contributed by atoms with Gasteiger partial charge < -0.3 is 15.8 Å². The zero-order chi connectivity index (χ0) is 17.3. The first-order chi connectivity index (χ1) is 11.5. The van der Waals surface area contributed by atoms with E-state index in [1.54, 1.807) is 24.3 Å². The smallest absolute Gasteiger partial charge is 0.139 e. The van der Waals surface area contributed by atoms with Gasteiger partial charge in [-0.2, -0.15) is 0 Å². The number of ether oxygens (including phenoxy) is 1. The topological polar surface area (TPSA) is 60.2 Å². The number of nitrogens with one attached hydrogen (secondary N) is 1. The van der Waals surface area contributed by atoms with Crippen molar-refractivity contribution < 1.29 is 9.13 Å². The van der Waals surface area contributed by atoms with Crippen molar-refractivity contribution in [3.8, 4) is 5.75 Å². The van der Waals surface area contributed by atoms with E-state index in [9.17, 15) is 4.39 Å². The summed E-state index contributed by atoms with van der Waals surface area (Å²) in [5.41, 5.74) is 8.24. The second kappa shape index (κ2) is 6.81. The molecule has 0 atom stereocenters. The molecule has 0 saturated heterocycles. The number of pyridine rings is 1. The molecule has 0 spiro atoms. The molecule has 7 heteroatoms. The van der Waals surface area contributed by atoms with Crippen LogP contribution in [0.25, 0.3) is 10.9 Å². The molecule has 0 unspecified atom stereocenters. The highest BCUT2D eigenvalue weighted by Crippen LogP contribution is 2.37. The third kappa shape index (κ3) is 3.24. The first kappa shape index (κ1) is 16.8. The molecule has 0 radical (unpaired) electrons. The van der Waals surface area contributed by atoms with E-state index in [0.29, 0.717) is 43.8 Å². The van der Waals surface area contributed by atoms with Gasteiger partial charge in [0.2, 0.25) is 0 Å². The van der Waals surface area contributed by atoms with Crippen LogP contribution in [0.1, 0.15) is 5.69 Å². The van der Waals surface area contributed by atoms with Crippen molar-refractivity contribution in [2.75, 3.05) is 12.4 Å². The van der Waals surface area contributed by atoms with Gasteiger partial charge in [-0.05, 0) is 30.3 Å². The third-order valence-corrected chi connectivity index (χ3v) is 4.15. The Morgan fingerprint density at radius 1 is 1.12 bits per heavy atom. The summed E-state index contributed by atoms with van der Waals surface area (Å²) in [7, 11) is 1.52. The maximum atomic E-state index is 13.6. The summed E-state index contributed by atoms with van der Waals surface area (Å²) >= 11 is 12.3. The minimum absolute atomic E-state index is 0.264. The summed E-state index contributed by atoms with van der Waals surface area (Å²) in [5, 5.41) is 4.63. The lowest BCUT2D eigenvalue weighted by Gasteiger charge is -2.14. The maximum absolute atomic E-state index is 13.6. The SMILES string of the molecule is COc1cc(Nc2cc(CN)nc3ccc(F)cc23)c(Cl)cc1Cl. The number of anilines is 2. The van der Waals surface area contributed by atoms with Gasteiger partial charge in [0, 0.05) is 23.7 Å². The molecule has 0 bridgehead atoms. The molecule has 3 N–H and O–H groups in total. The standard InChI is InChI=1S/C17H14Cl2FN3O/c1-24-17-7-16(12(18)6-13(17)19)23-15-5-10(8-21)22-14-3-2-9(20)4-11(14)15/h2-7H,8,21H2,1H3,(H,22,23). The van der Waals surface area contributed by atoms with Gasteiger partial charge in [-0.15, -0.1) is 0 Å². The average Bonchev–Trinajstić information content (AvgIpc) is 2.57. The highest BCUT2D eigenvalue weighted by molar-refractivity contribution is 6.37. The third-order valence-electron chi connectivity index (χ3n) is 3.54. The zero-order valence-electron chi connectivity index (χ0n) is 12.7. The Bertz CT molecular complexity index is 918. The zero-order valence-corrected chi connectivity index (χ0v) is 14.2. The second-order valence-electron chi connectivity index (χ2n) is 5.12. The molecule has 1 heterocycles. The number of aromatic nitrogens is 1. The van der Waals surface area contributed by atoms with E-state index < -0.39 is 0 Å². The number of hydrogen-bond acceptors (Lipinski definition) is 4. The monoisotopic (exact) mass is 365 g/mol. The summed E-state index contributed by atoms with van der Waals surface area (Å²) in [6, 6.07) is 9.40. The minimum Gasteiger partial charge on any atom is -0.495 e. The van der Waals surface area contributed by atoms with Crippen molar-refractivity contribution in [1.82, 2.24) is 4.98 Å². The molecule has 0 aliphatic heterocycles. The van der Waals surface area contributed by atoms with Crippen LogP contribution in [-0.2, 0) is 6.54 Å². The Morgan fingerprint density at radius 3 is 2.62 bits per heavy atom. The van der Waals surface area contributed by atoms with E-state index in [-0.39, 0.29) is 12.4 Å². The number of nitrogens with two attached hydrogens (primary N) is 1. The van der Waals surface area contributed by atoms with E-state index in [4.69, 9.17) is 33.7 Å². The van der Waals surface area contributed by atoms with Gasteiger partial charge in [0.1, 0.15) is 11.6 Å². The summed E-state index contributed by atoms with van der Waals surface area (Å²) in [6.45, 7) is 0.264. The van der Waals surface area contributed by atoms with Gasteiger partial charge in [0.15, 0.2) is 0 Å². The second-order valence-corrected chi connectivity index (χ2v) is 5.93. The Balaban J connectivity index is 2.14. The van der Waals surface area contributed by atoms with Crippen LogP contribution in [0.4, 0.5) is 15.8 Å². The highest BCUT2D eigenvalue weighted by Gasteiger charge is 2.11. The predicted octanol–water partition coefficient (Wildman–Crippen LogP) is 4.89. The number of benzene rings is 2. The Hall–Kier alpha value is -2.08. The maximum Gasteiger partial charge on any atom is 0.139 e. The summed E-state index contributed by atoms with van der Waals surface area (Å²) in [4.78, 5) is 4.40. The van der Waals surface area contributed by atoms with Gasteiger partial charge in [0.05, 0.1) is 34.1 Å². The van der Waals surface area contributed by atoms with Crippen molar-refractivity contribution >= 4 is 45.5 Å². The van der Waals surface area contributed by atoms with Crippen LogP contribution in [-0.4, -0.2) is 12.1 Å². The van der Waals surface area contributed by atoms with E-state index in [0.717, 1.165) is 0 Å². The lowest BCUT2D eigenvalue weighted by atomic mass is 10.1. The molecule has 0 fully saturated rings. The number of methoxy groups -OCH3 is 1. The molecule has 2 aromatic carbocycles. The first-order valence-electron chi connectivity index (χ1n) is 7.11. The number of hydrogen-bond donors (Lipinski definition) is 2. The fourth-order valence-electron chi connectivity index (χ4n) is 2.39. The molecule has 4 nitrogen and oxygen atoms in total. The summed E-state index contributed by atoms with van der Waals surface area (Å²) < 4.78 is 18.9. The van der Waals surface area contributed by atoms with Crippen molar-refractivity contribution in [2.45, 2.75) is 6.54 Å². The molecular formula is C17H14Cl2FN3O. The Morgan fingerprint density at radius 2 is 1.92 bits per heavy atom. The Labute approximate surface area is 148 Å². The number of nitrogens with zero attached hydrogens (tertiary/aromatic N) is 1. The molecule has 0 aliphatic carbocycles. The molecule has 3 aromatic rings. The molecule has 24 heavy (non-hydrogen) atoms. The molecule has 0 aliphatic rings. The van der Waals surface area contributed by atoms with E-state index in [2.05, 4.69) is 10.3 Å². The number of rotatable bonds is 4. The lowest BCUT2D eigenvalue weighted by Crippen LogP contribution is -2.03. The van der Waals surface area contributed by atoms with Crippen LogP contribution < -0.4 is 15.8 Å². The van der Waals surface area contributed by atoms with Crippen LogP contribution in [0.5, 0.6) is 5.75 Å². The first-order valence-corrected chi connectivity index (χ1v) is 7.86. The molecule has 1 aromatic heterocycles. The quantitative estimate of drug-likeness (QED) is 0.690. The fraction of sp³-hybridized carbons (Fsp3) is 0.118. The van der Waals surface area contributed by atoms with E-state index in [1.165, 1.54) is 19.2 Å². The van der Waals surface area contributed by atoms with Gasteiger partial charge >= 0.3 is 0 Å². The lowest BCUT2D eigenvalue weighted by molar-refractivity contribution is 0.415. The number of halogens is 3. The van der Waals surface area contributed by atoms with E-state index in [1.807, 2.05) is 0 Å². The normalized spacial score (nSPS) is 10.9. The van der Waals surface area contributed by atoms with Crippen LogP contribution in [0.3, 0.4) is 0 Å². The van der Waals surface area contributed by atoms with Crippen molar-refractivity contribution in [3.05, 3.63) is 58.0 Å². The Kier molecular flexibility index (Phi) is 4.76. The van der Waals surface area contributed by atoms with Crippen LogP contribution in [0.15, 0.2) is 36.4 Å². The van der Waals surface area contributed by atoms with Crippen molar-refractivity contribution in [1.29, 1.82) is 0 Å². The predicted molar refractivity (Wildman–Crippen MR) is 95.9 cm³/mol. The molecular weight excluding hydrogens is 352 g/mol. The summed E-state index contributed by atoms with van der Waals surface area (Å²) in [6.07, 6.45) is 0. The van der Waals surface area contributed by atoms with Crippen LogP contribution in [0, 0.1) is 5.82 Å². The number of fused-ring (bicyclic) bond motifs is 1. The van der Waals surface area contributed by atoms with Crippen LogP contribution in [0.2, 0.25) is 10.0 Å². The van der Waals surface area contributed by atoms with Gasteiger partial charge in [0.25, 0.3) is 0 Å². The molecule has 0 amide bonds. The van der Waals surface area contributed by atoms with Crippen LogP contribution >= 0.6 is 23.2 Å². The van der Waals surface area contributed by atoms with E-state index >= 15 is 0 Å². The molecule has 3 rings (SSSR count). The minimum atomic E-state index is -0.354. The highest BCUT2D eigenvalue weighted by atomic mass is 35.5. The van der Waals surface area contributed by atoms with Gasteiger partial charge in [-0.25, -0.2) is 4.39 Å². The van der Waals surface area contributed by atoms with Crippen molar-refractivity contribution in [3.63, 3.8) is 0 Å². The summed E-state index contributed by atoms with van der Waals surface area (Å²) in [5.74, 6) is 0.125. The largest absolute Gasteiger partial charge is 0.495 e. The van der Waals surface area contributed by atoms with Gasteiger partial charge in [-0.1, -0.05) is 23.2 Å². The fourth-order valence-corrected chi connectivity index (χ4v) is 2.89. The molecule has 124 valence electrons. The van der Waals surface area contributed by atoms with Crippen molar-refractivity contribution in [2.24, 2.45) is 5.73 Å².